The van der Waals surface area contributed by atoms with Crippen LogP contribution in [-0.4, -0.2) is 56.0 Å². The van der Waals surface area contributed by atoms with E-state index in [0.717, 1.165) is 52.2 Å². The van der Waals surface area contributed by atoms with Crippen molar-refractivity contribution >= 4 is 6.03 Å². The molecule has 3 rings (SSSR count). The molecule has 1 saturated carbocycles. The Hall–Kier alpha value is -0.810. The number of carbonyl (C=O) groups excluding carboxylic acids is 1. The lowest BCUT2D eigenvalue weighted by atomic mass is 10.1. The Kier molecular flexibility index (Phi) is 5.36. The average molecular weight is 296 g/mol. The van der Waals surface area contributed by atoms with Gasteiger partial charge in [-0.25, -0.2) is 4.79 Å². The lowest BCUT2D eigenvalue weighted by Gasteiger charge is -2.39. The summed E-state index contributed by atoms with van der Waals surface area (Å²) in [7, 11) is 0. The molecule has 3 aliphatic rings. The topological polar surface area (TPSA) is 50.8 Å². The Morgan fingerprint density at radius 2 is 1.90 bits per heavy atom. The van der Waals surface area contributed by atoms with Gasteiger partial charge >= 0.3 is 6.03 Å². The van der Waals surface area contributed by atoms with Gasteiger partial charge in [0.25, 0.3) is 0 Å². The van der Waals surface area contributed by atoms with Crippen molar-refractivity contribution in [1.82, 2.24) is 10.2 Å². The van der Waals surface area contributed by atoms with Crippen LogP contribution in [-0.2, 0) is 9.47 Å². The zero-order valence-electron chi connectivity index (χ0n) is 12.9. The monoisotopic (exact) mass is 296 g/mol. The molecule has 0 bridgehead atoms. The summed E-state index contributed by atoms with van der Waals surface area (Å²) in [4.78, 5) is 14.0. The molecular weight excluding hydrogens is 268 g/mol. The van der Waals surface area contributed by atoms with Gasteiger partial charge in [-0.15, -0.1) is 0 Å². The van der Waals surface area contributed by atoms with E-state index in [1.54, 1.807) is 0 Å². The van der Waals surface area contributed by atoms with Crippen LogP contribution in [0.3, 0.4) is 0 Å². The van der Waals surface area contributed by atoms with Crippen molar-refractivity contribution < 1.29 is 14.3 Å². The quantitative estimate of drug-likeness (QED) is 0.809. The first-order chi connectivity index (χ1) is 10.3. The number of hydrogen-bond acceptors (Lipinski definition) is 3. The molecule has 120 valence electrons. The maximum absolute atomic E-state index is 12.2. The Morgan fingerprint density at radius 3 is 2.57 bits per heavy atom. The summed E-state index contributed by atoms with van der Waals surface area (Å²) in [6.07, 6.45) is 8.75. The van der Waals surface area contributed by atoms with Crippen LogP contribution >= 0.6 is 0 Å². The summed E-state index contributed by atoms with van der Waals surface area (Å²) in [5.41, 5.74) is 0. The first-order valence-corrected chi connectivity index (χ1v) is 8.56. The number of carbonyl (C=O) groups is 1. The van der Waals surface area contributed by atoms with E-state index in [4.69, 9.17) is 9.47 Å². The van der Waals surface area contributed by atoms with E-state index < -0.39 is 0 Å². The third-order valence-corrected chi connectivity index (χ3v) is 4.91. The molecule has 0 aromatic rings. The first-order valence-electron chi connectivity index (χ1n) is 8.56. The molecule has 0 aromatic heterocycles. The summed E-state index contributed by atoms with van der Waals surface area (Å²) in [5, 5.41) is 3.19. The van der Waals surface area contributed by atoms with E-state index in [-0.39, 0.29) is 12.1 Å². The highest BCUT2D eigenvalue weighted by molar-refractivity contribution is 5.75. The molecule has 0 radical (unpaired) electrons. The number of urea groups is 1. The van der Waals surface area contributed by atoms with Crippen molar-refractivity contribution in [1.29, 1.82) is 0 Å². The minimum atomic E-state index is 0.103. The third-order valence-electron chi connectivity index (χ3n) is 4.91. The highest BCUT2D eigenvalue weighted by atomic mass is 16.5. The molecule has 3 fully saturated rings. The van der Waals surface area contributed by atoms with Gasteiger partial charge in [-0.05, 0) is 19.3 Å². The first kappa shape index (κ1) is 15.1. The zero-order valence-corrected chi connectivity index (χ0v) is 12.9. The van der Waals surface area contributed by atoms with Gasteiger partial charge in [0.1, 0.15) is 0 Å². The molecule has 2 aliphatic heterocycles. The van der Waals surface area contributed by atoms with Crippen LogP contribution < -0.4 is 5.32 Å². The van der Waals surface area contributed by atoms with Crippen molar-refractivity contribution in [3.8, 4) is 0 Å². The number of nitrogens with zero attached hydrogens (tertiary/aromatic N) is 1. The predicted molar refractivity (Wildman–Crippen MR) is 80.3 cm³/mol. The molecule has 0 aromatic carbocycles. The Morgan fingerprint density at radius 1 is 1.14 bits per heavy atom. The van der Waals surface area contributed by atoms with Crippen LogP contribution in [0.15, 0.2) is 0 Å². The van der Waals surface area contributed by atoms with Crippen molar-refractivity contribution in [3.63, 3.8) is 0 Å². The fourth-order valence-corrected chi connectivity index (χ4v) is 3.39. The van der Waals surface area contributed by atoms with Gasteiger partial charge in [-0.1, -0.05) is 25.7 Å². The van der Waals surface area contributed by atoms with Crippen molar-refractivity contribution in [3.05, 3.63) is 0 Å². The van der Waals surface area contributed by atoms with Crippen molar-refractivity contribution in [2.75, 3.05) is 32.9 Å². The van der Waals surface area contributed by atoms with Gasteiger partial charge in [0, 0.05) is 18.6 Å². The molecule has 5 heteroatoms. The van der Waals surface area contributed by atoms with Crippen LogP contribution in [0, 0.1) is 5.92 Å². The number of ether oxygens (including phenoxy) is 2. The summed E-state index contributed by atoms with van der Waals surface area (Å²) < 4.78 is 11.2. The average Bonchev–Trinajstić information content (AvgIpc) is 2.81. The molecule has 21 heavy (non-hydrogen) atoms. The van der Waals surface area contributed by atoms with Gasteiger partial charge in [0.05, 0.1) is 32.4 Å². The standard InChI is InChI=1S/C16H28N2O3/c19-16(17-14-5-3-1-2-4-6-14)18-9-15(10-18)21-12-13-7-8-20-11-13/h13-15H,1-12H2,(H,17,19). The van der Waals surface area contributed by atoms with Gasteiger partial charge in [-0.3, -0.25) is 0 Å². The van der Waals surface area contributed by atoms with Gasteiger partial charge in [-0.2, -0.15) is 0 Å². The SMILES string of the molecule is O=C(NC1CCCCCC1)N1CC(OCC2CCOC2)C1. The summed E-state index contributed by atoms with van der Waals surface area (Å²) in [5.74, 6) is 0.555. The predicted octanol–water partition coefficient (Wildman–Crippen LogP) is 2.16. The van der Waals surface area contributed by atoms with Gasteiger partial charge in [0.2, 0.25) is 0 Å². The second-order valence-corrected chi connectivity index (χ2v) is 6.73. The molecule has 1 unspecified atom stereocenters. The minimum Gasteiger partial charge on any atom is -0.381 e. The number of likely N-dealkylation sites (tertiary alicyclic amines) is 1. The molecule has 2 saturated heterocycles. The molecule has 0 spiro atoms. The van der Waals surface area contributed by atoms with E-state index >= 15 is 0 Å². The van der Waals surface area contributed by atoms with E-state index in [9.17, 15) is 4.79 Å². The van der Waals surface area contributed by atoms with Crippen molar-refractivity contribution in [2.24, 2.45) is 5.92 Å². The number of amides is 2. The van der Waals surface area contributed by atoms with Crippen molar-refractivity contribution in [2.45, 2.75) is 57.1 Å². The van der Waals surface area contributed by atoms with Gasteiger partial charge in [0.15, 0.2) is 0 Å². The number of hydrogen-bond donors (Lipinski definition) is 1. The van der Waals surface area contributed by atoms with E-state index in [1.807, 2.05) is 4.90 Å². The second kappa shape index (κ2) is 7.45. The lowest BCUT2D eigenvalue weighted by Crippen LogP contribution is -2.59. The van der Waals surface area contributed by atoms with Crippen LogP contribution in [0.25, 0.3) is 0 Å². The van der Waals surface area contributed by atoms with Crippen LogP contribution in [0.2, 0.25) is 0 Å². The molecule has 5 nitrogen and oxygen atoms in total. The van der Waals surface area contributed by atoms with Crippen LogP contribution in [0.5, 0.6) is 0 Å². The summed E-state index contributed by atoms with van der Waals surface area (Å²) in [6.45, 7) is 3.97. The molecule has 1 N–H and O–H groups in total. The summed E-state index contributed by atoms with van der Waals surface area (Å²) >= 11 is 0. The number of rotatable bonds is 4. The highest BCUT2D eigenvalue weighted by Gasteiger charge is 2.33. The number of nitrogens with one attached hydrogen (secondary N) is 1. The Bertz CT molecular complexity index is 330. The van der Waals surface area contributed by atoms with Crippen LogP contribution in [0.1, 0.15) is 44.9 Å². The highest BCUT2D eigenvalue weighted by Crippen LogP contribution is 2.20. The normalized spacial score (nSPS) is 28.2. The van der Waals surface area contributed by atoms with Gasteiger partial charge < -0.3 is 19.7 Å². The van der Waals surface area contributed by atoms with E-state index in [0.29, 0.717) is 12.0 Å². The fourth-order valence-electron chi connectivity index (χ4n) is 3.39. The van der Waals surface area contributed by atoms with E-state index in [2.05, 4.69) is 5.32 Å². The molecule has 1 atom stereocenters. The maximum atomic E-state index is 12.2. The molecule has 1 aliphatic carbocycles. The maximum Gasteiger partial charge on any atom is 0.317 e. The largest absolute Gasteiger partial charge is 0.381 e. The Labute approximate surface area is 127 Å². The lowest BCUT2D eigenvalue weighted by molar-refractivity contribution is -0.0491. The fraction of sp³-hybridized carbons (Fsp3) is 0.938. The van der Waals surface area contributed by atoms with E-state index in [1.165, 1.54) is 25.7 Å². The zero-order chi connectivity index (χ0) is 14.5. The molecule has 2 heterocycles. The second-order valence-electron chi connectivity index (χ2n) is 6.73. The van der Waals surface area contributed by atoms with Crippen LogP contribution in [0.4, 0.5) is 4.79 Å². The third kappa shape index (κ3) is 4.33. The molecule has 2 amide bonds. The summed E-state index contributed by atoms with van der Waals surface area (Å²) in [6, 6.07) is 0.488. The Balaban J connectivity index is 1.30. The minimum absolute atomic E-state index is 0.103. The smallest absolute Gasteiger partial charge is 0.317 e. The molecular formula is C16H28N2O3.